The van der Waals surface area contributed by atoms with Gasteiger partial charge in [0.15, 0.2) is 11.5 Å². The van der Waals surface area contributed by atoms with E-state index in [1.54, 1.807) is 24.3 Å². The fraction of sp³-hybridized carbons (Fsp3) is 0.389. The normalized spacial score (nSPS) is 16.9. The Morgan fingerprint density at radius 2 is 2.13 bits per heavy atom. The molecule has 0 unspecified atom stereocenters. The number of rotatable bonds is 6. The molecule has 1 aromatic heterocycles. The van der Waals surface area contributed by atoms with E-state index in [0.29, 0.717) is 17.4 Å². The lowest BCUT2D eigenvalue weighted by Crippen LogP contribution is -3.10. The van der Waals surface area contributed by atoms with Gasteiger partial charge >= 0.3 is 0 Å². The van der Waals surface area contributed by atoms with E-state index in [1.807, 2.05) is 23.5 Å². The number of benzene rings is 1. The van der Waals surface area contributed by atoms with E-state index in [9.17, 15) is 5.11 Å². The van der Waals surface area contributed by atoms with E-state index >= 15 is 0 Å². The lowest BCUT2D eigenvalue weighted by Gasteiger charge is -2.22. The highest BCUT2D eigenvalue weighted by atomic mass is 32.1. The first-order chi connectivity index (χ1) is 11.3. The Kier molecular flexibility index (Phi) is 5.31. The summed E-state index contributed by atoms with van der Waals surface area (Å²) in [5.74, 6) is 0.633. The third-order valence-electron chi connectivity index (χ3n) is 4.39. The van der Waals surface area contributed by atoms with Crippen molar-refractivity contribution < 1.29 is 14.7 Å². The second kappa shape index (κ2) is 7.62. The third-order valence-corrected chi connectivity index (χ3v) is 5.38. The summed E-state index contributed by atoms with van der Waals surface area (Å²) < 4.78 is 5.14. The highest BCUT2D eigenvalue weighted by Gasteiger charge is 2.27. The largest absolute Gasteiger partial charge is 0.504 e. The third kappa shape index (κ3) is 3.74. The van der Waals surface area contributed by atoms with Gasteiger partial charge in [-0.05, 0) is 23.6 Å². The highest BCUT2D eigenvalue weighted by molar-refractivity contribution is 7.10. The van der Waals surface area contributed by atoms with Crippen molar-refractivity contribution >= 4 is 17.6 Å². The van der Waals surface area contributed by atoms with Gasteiger partial charge in [-0.3, -0.25) is 4.99 Å². The van der Waals surface area contributed by atoms with E-state index in [1.165, 1.54) is 30.8 Å². The summed E-state index contributed by atoms with van der Waals surface area (Å²) in [5.41, 5.74) is 0.700. The predicted molar refractivity (Wildman–Crippen MR) is 94.1 cm³/mol. The number of methoxy groups -OCH3 is 1. The molecule has 0 bridgehead atoms. The molecule has 1 aliphatic heterocycles. The average Bonchev–Trinajstić information content (AvgIpc) is 3.27. The zero-order valence-electron chi connectivity index (χ0n) is 13.4. The van der Waals surface area contributed by atoms with Crippen LogP contribution >= 0.6 is 11.3 Å². The van der Waals surface area contributed by atoms with Crippen molar-refractivity contribution in [3.63, 3.8) is 0 Å². The number of nitrogens with zero attached hydrogens (tertiary/aromatic N) is 1. The molecule has 3 rings (SSSR count). The van der Waals surface area contributed by atoms with Crippen LogP contribution in [0, 0.1) is 0 Å². The minimum absolute atomic E-state index is 0.153. The quantitative estimate of drug-likeness (QED) is 0.798. The first-order valence-corrected chi connectivity index (χ1v) is 8.91. The molecule has 23 heavy (non-hydrogen) atoms. The molecule has 1 aromatic carbocycles. The second-order valence-corrected chi connectivity index (χ2v) is 6.80. The van der Waals surface area contributed by atoms with E-state index in [0.717, 1.165) is 6.54 Å². The molecule has 2 N–H and O–H groups in total. The van der Waals surface area contributed by atoms with Crippen LogP contribution in [-0.4, -0.2) is 38.1 Å². The molecule has 0 saturated carbocycles. The van der Waals surface area contributed by atoms with Gasteiger partial charge in [-0.2, -0.15) is 0 Å². The smallest absolute Gasteiger partial charge is 0.166 e. The number of phenols is 1. The van der Waals surface area contributed by atoms with E-state index in [-0.39, 0.29) is 5.75 Å². The van der Waals surface area contributed by atoms with E-state index < -0.39 is 0 Å². The van der Waals surface area contributed by atoms with Crippen molar-refractivity contribution in [3.05, 3.63) is 46.2 Å². The minimum Gasteiger partial charge on any atom is -0.504 e. The van der Waals surface area contributed by atoms with E-state index in [4.69, 9.17) is 4.74 Å². The van der Waals surface area contributed by atoms with E-state index in [2.05, 4.69) is 22.5 Å². The van der Waals surface area contributed by atoms with Crippen LogP contribution in [0.2, 0.25) is 0 Å². The van der Waals surface area contributed by atoms with Crippen molar-refractivity contribution in [2.75, 3.05) is 26.7 Å². The van der Waals surface area contributed by atoms with Gasteiger partial charge in [0.05, 0.1) is 31.6 Å². The van der Waals surface area contributed by atoms with Gasteiger partial charge in [0.1, 0.15) is 6.04 Å². The average molecular weight is 331 g/mol. The van der Waals surface area contributed by atoms with Crippen LogP contribution in [0.5, 0.6) is 11.5 Å². The molecule has 4 nitrogen and oxygen atoms in total. The number of hydrogen-bond donors (Lipinski definition) is 2. The lowest BCUT2D eigenvalue weighted by atomic mass is 10.2. The van der Waals surface area contributed by atoms with Crippen LogP contribution in [0.15, 0.2) is 40.7 Å². The number of aromatic hydroxyl groups is 1. The molecule has 5 heteroatoms. The Hall–Kier alpha value is -1.85. The number of likely N-dealkylation sites (tertiary alicyclic amines) is 1. The Balaban J connectivity index is 1.74. The molecule has 1 atom stereocenters. The monoisotopic (exact) mass is 331 g/mol. The summed E-state index contributed by atoms with van der Waals surface area (Å²) in [6.45, 7) is 3.19. The minimum atomic E-state index is 0.153. The maximum absolute atomic E-state index is 10.1. The van der Waals surface area contributed by atoms with Gasteiger partial charge in [-0.1, -0.05) is 12.1 Å². The summed E-state index contributed by atoms with van der Waals surface area (Å²) in [7, 11) is 1.56. The molecule has 0 aliphatic carbocycles. The summed E-state index contributed by atoms with van der Waals surface area (Å²) in [6, 6.07) is 10.2. The molecular formula is C18H23N2O2S+. The Morgan fingerprint density at radius 3 is 2.83 bits per heavy atom. The zero-order valence-corrected chi connectivity index (χ0v) is 14.2. The summed E-state index contributed by atoms with van der Waals surface area (Å²) in [4.78, 5) is 7.65. The number of ether oxygens (including phenoxy) is 1. The predicted octanol–water partition coefficient (Wildman–Crippen LogP) is 2.30. The molecule has 2 aromatic rings. The Labute approximate surface area is 141 Å². The molecule has 1 fully saturated rings. The van der Waals surface area contributed by atoms with Gasteiger partial charge in [0.25, 0.3) is 0 Å². The van der Waals surface area contributed by atoms with Crippen molar-refractivity contribution in [2.45, 2.75) is 18.9 Å². The fourth-order valence-electron chi connectivity index (χ4n) is 3.15. The van der Waals surface area contributed by atoms with Gasteiger partial charge in [0, 0.05) is 24.6 Å². The number of thiophene rings is 1. The number of aliphatic imine (C=N–C) groups is 1. The van der Waals surface area contributed by atoms with Crippen molar-refractivity contribution in [3.8, 4) is 11.5 Å². The molecule has 122 valence electrons. The topological polar surface area (TPSA) is 46.3 Å². The van der Waals surface area contributed by atoms with Crippen molar-refractivity contribution in [1.82, 2.24) is 0 Å². The van der Waals surface area contributed by atoms with Crippen molar-refractivity contribution in [1.29, 1.82) is 0 Å². The van der Waals surface area contributed by atoms with Gasteiger partial charge in [-0.25, -0.2) is 0 Å². The van der Waals surface area contributed by atoms with Gasteiger partial charge in [0.2, 0.25) is 0 Å². The SMILES string of the molecule is COc1cccc(C=NC[C@H](c2cccs2)[NH+]2CCCC2)c1O. The standard InChI is InChI=1S/C18H22N2O2S/c1-22-16-7-4-6-14(18(16)21)12-19-13-15(17-8-5-11-23-17)20-9-2-3-10-20/h4-8,11-12,15,21H,2-3,9-10,13H2,1H3/p+1/t15-/m1/s1. The molecule has 0 spiro atoms. The zero-order chi connectivity index (χ0) is 16.1. The molecule has 1 saturated heterocycles. The number of nitrogens with one attached hydrogen (secondary N) is 1. The molecular weight excluding hydrogens is 308 g/mol. The maximum Gasteiger partial charge on any atom is 0.166 e. The van der Waals surface area contributed by atoms with Crippen LogP contribution in [0.25, 0.3) is 0 Å². The Bertz CT molecular complexity index is 649. The van der Waals surface area contributed by atoms with Crippen LogP contribution in [0.4, 0.5) is 0 Å². The molecule has 0 amide bonds. The van der Waals surface area contributed by atoms with Crippen LogP contribution < -0.4 is 9.64 Å². The second-order valence-electron chi connectivity index (χ2n) is 5.83. The summed E-state index contributed by atoms with van der Waals surface area (Å²) >= 11 is 1.81. The fourth-order valence-corrected chi connectivity index (χ4v) is 4.03. The Morgan fingerprint density at radius 1 is 1.30 bits per heavy atom. The van der Waals surface area contributed by atoms with Crippen molar-refractivity contribution in [2.24, 2.45) is 4.99 Å². The number of phenolic OH excluding ortho intramolecular Hbond substituents is 1. The van der Waals surface area contributed by atoms with Gasteiger partial charge < -0.3 is 14.7 Å². The number of para-hydroxylation sites is 1. The summed E-state index contributed by atoms with van der Waals surface area (Å²) in [6.07, 6.45) is 4.36. The molecule has 1 aliphatic rings. The number of hydrogen-bond acceptors (Lipinski definition) is 4. The molecule has 2 heterocycles. The summed E-state index contributed by atoms with van der Waals surface area (Å²) in [5, 5.41) is 12.3. The number of quaternary nitrogens is 1. The van der Waals surface area contributed by atoms with Gasteiger partial charge in [-0.15, -0.1) is 11.3 Å². The first kappa shape index (κ1) is 16.0. The maximum atomic E-state index is 10.1. The molecule has 0 radical (unpaired) electrons. The van der Waals surface area contributed by atoms with Crippen LogP contribution in [0.1, 0.15) is 29.3 Å². The highest BCUT2D eigenvalue weighted by Crippen LogP contribution is 2.28. The van der Waals surface area contributed by atoms with Crippen LogP contribution in [-0.2, 0) is 0 Å². The van der Waals surface area contributed by atoms with Crippen LogP contribution in [0.3, 0.4) is 0 Å². The first-order valence-electron chi connectivity index (χ1n) is 8.03. The lowest BCUT2D eigenvalue weighted by molar-refractivity contribution is -0.917.